The predicted molar refractivity (Wildman–Crippen MR) is 264 cm³/mol. The van der Waals surface area contributed by atoms with Crippen molar-refractivity contribution in [3.63, 3.8) is 0 Å². The number of aromatic nitrogens is 4. The van der Waals surface area contributed by atoms with Gasteiger partial charge in [0.05, 0.1) is 55.1 Å². The second kappa shape index (κ2) is 18.8. The lowest BCUT2D eigenvalue weighted by Crippen LogP contribution is -2.52. The smallest absolute Gasteiger partial charge is 0.407 e. The van der Waals surface area contributed by atoms with Gasteiger partial charge in [0.15, 0.2) is 0 Å². The van der Waals surface area contributed by atoms with Crippen molar-refractivity contribution in [1.29, 1.82) is 0 Å². The molecular formula is C54H60N8O6. The summed E-state index contributed by atoms with van der Waals surface area (Å²) in [5.41, 5.74) is 6.17. The molecule has 2 aliphatic carbocycles. The quantitative estimate of drug-likeness (QED) is 0.0655. The summed E-state index contributed by atoms with van der Waals surface area (Å²) in [7, 11) is 2.87. The van der Waals surface area contributed by atoms with Crippen LogP contribution in [0.1, 0.15) is 70.7 Å². The minimum Gasteiger partial charge on any atom is -0.501 e. The molecule has 7 aromatic rings. The van der Waals surface area contributed by atoms with Crippen molar-refractivity contribution < 1.29 is 28.7 Å². The molecule has 5 aromatic carbocycles. The lowest BCUT2D eigenvalue weighted by atomic mass is 9.98. The number of aromatic amines is 2. The molecule has 0 radical (unpaired) electrons. The first-order chi connectivity index (χ1) is 32.7. The van der Waals surface area contributed by atoms with Gasteiger partial charge in [-0.25, -0.2) is 14.8 Å². The van der Waals surface area contributed by atoms with Gasteiger partial charge in [-0.3, -0.25) is 14.4 Å². The molecule has 0 bridgehead atoms. The number of benzene rings is 5. The third-order valence-corrected chi connectivity index (χ3v) is 14.1. The monoisotopic (exact) mass is 916 g/mol. The average Bonchev–Trinajstić information content (AvgIpc) is 4.19. The van der Waals surface area contributed by atoms with Crippen LogP contribution in [0.15, 0.2) is 103 Å². The van der Waals surface area contributed by atoms with E-state index in [4.69, 9.17) is 19.4 Å². The largest absolute Gasteiger partial charge is 0.501 e. The highest BCUT2D eigenvalue weighted by Gasteiger charge is 2.50. The number of ether oxygens (including phenoxy) is 2. The molecule has 4 N–H and O–H groups in total. The van der Waals surface area contributed by atoms with Crippen molar-refractivity contribution in [2.75, 3.05) is 20.8 Å². The predicted octanol–water partition coefficient (Wildman–Crippen LogP) is 9.17. The zero-order valence-electron chi connectivity index (χ0n) is 39.8. The molecule has 352 valence electrons. The molecule has 2 aromatic heterocycles. The molecule has 5 unspecified atom stereocenters. The fourth-order valence-corrected chi connectivity index (χ4v) is 9.56. The van der Waals surface area contributed by atoms with Crippen molar-refractivity contribution in [1.82, 2.24) is 40.4 Å². The van der Waals surface area contributed by atoms with E-state index in [9.17, 15) is 19.2 Å². The van der Waals surface area contributed by atoms with E-state index in [1.54, 1.807) is 12.0 Å². The number of hydrogen-bond acceptors (Lipinski definition) is 8. The first-order valence-corrected chi connectivity index (χ1v) is 23.6. The third-order valence-electron chi connectivity index (χ3n) is 14.1. The number of hydrogen-bond donors (Lipinski definition) is 4. The van der Waals surface area contributed by atoms with Gasteiger partial charge < -0.3 is 39.9 Å². The van der Waals surface area contributed by atoms with Crippen molar-refractivity contribution in [2.24, 2.45) is 29.6 Å². The second-order valence-electron chi connectivity index (χ2n) is 19.1. The van der Waals surface area contributed by atoms with Crippen LogP contribution < -0.4 is 10.6 Å². The van der Waals surface area contributed by atoms with E-state index >= 15 is 0 Å². The number of carbonyl (C=O) groups is 4. The van der Waals surface area contributed by atoms with Gasteiger partial charge in [-0.15, -0.1) is 0 Å². The van der Waals surface area contributed by atoms with Crippen LogP contribution in [0.25, 0.3) is 54.7 Å². The standard InChI is InChI=1S/C54H60N8O6/c1-29(2)46(60-54(66)68-8)53(65)62(50-31(4)32(50)5)28-45-56-43-23-19-39-25-37(17-21-41(39)49(43)58-45)36-16-20-40-38(24-36)18-22-42-48(40)57-44(55-42)27-61(26-30(3)33(6)67-7)52(64)47(34-12-10-9-11-13-34)59-51(63)35-14-15-35/h9-13,16-25,29-32,35,46-47,50H,6,14-15,26-28H2,1-5,7-8H3,(H,55,57)(H,56,58)(H,59,63)(H,60,66). The van der Waals surface area contributed by atoms with Gasteiger partial charge in [-0.2, -0.15) is 0 Å². The fraction of sp³-hybridized carbons (Fsp3) is 0.370. The van der Waals surface area contributed by atoms with E-state index in [1.165, 1.54) is 7.11 Å². The zero-order chi connectivity index (χ0) is 48.0. The SMILES string of the molecule is C=C(OC)C(C)CN(Cc1nc2c(ccc3cc(-c4ccc5c(ccc6[nH]c(CN(C(=O)C(NC(=O)OC)C(C)C)C7C(C)C7C)nc65)c4)ccc32)[nH]1)C(=O)C(NC(=O)C1CC1)c1ccccc1. The molecule has 5 atom stereocenters. The van der Waals surface area contributed by atoms with Gasteiger partial charge in [0, 0.05) is 35.2 Å². The normalized spacial score (nSPS) is 18.0. The van der Waals surface area contributed by atoms with Crippen LogP contribution in [0, 0.1) is 29.6 Å². The molecule has 0 spiro atoms. The Labute approximate surface area is 395 Å². The lowest BCUT2D eigenvalue weighted by molar-refractivity contribution is -0.138. The van der Waals surface area contributed by atoms with Gasteiger partial charge in [0.2, 0.25) is 17.7 Å². The molecule has 14 heteroatoms. The van der Waals surface area contributed by atoms with E-state index in [-0.39, 0.29) is 54.6 Å². The Hall–Kier alpha value is -7.22. The number of nitrogens with one attached hydrogen (secondary N) is 4. The Kier molecular flexibility index (Phi) is 12.7. The summed E-state index contributed by atoms with van der Waals surface area (Å²) in [5, 5.41) is 9.82. The van der Waals surface area contributed by atoms with Crippen LogP contribution in [0.3, 0.4) is 0 Å². The maximum absolute atomic E-state index is 14.6. The summed E-state index contributed by atoms with van der Waals surface area (Å²) in [6.07, 6.45) is 1.02. The summed E-state index contributed by atoms with van der Waals surface area (Å²) < 4.78 is 10.3. The second-order valence-corrected chi connectivity index (χ2v) is 19.1. The number of carbonyl (C=O) groups excluding carboxylic acids is 4. The highest BCUT2D eigenvalue weighted by molar-refractivity contribution is 6.07. The molecule has 68 heavy (non-hydrogen) atoms. The van der Waals surface area contributed by atoms with Crippen LogP contribution in [-0.2, 0) is 36.9 Å². The first kappa shape index (κ1) is 45.9. The van der Waals surface area contributed by atoms with Crippen molar-refractivity contribution >= 4 is 67.4 Å². The average molecular weight is 917 g/mol. The minimum atomic E-state index is -0.858. The number of amides is 4. The molecule has 2 fully saturated rings. The number of fused-ring (bicyclic) bond motifs is 6. The Balaban J connectivity index is 0.972. The van der Waals surface area contributed by atoms with Gasteiger partial charge in [-0.05, 0) is 82.3 Å². The van der Waals surface area contributed by atoms with Crippen LogP contribution >= 0.6 is 0 Å². The van der Waals surface area contributed by atoms with Gasteiger partial charge in [0.1, 0.15) is 23.7 Å². The van der Waals surface area contributed by atoms with E-state index in [0.717, 1.165) is 67.6 Å². The number of nitrogens with zero attached hydrogens (tertiary/aromatic N) is 4. The van der Waals surface area contributed by atoms with E-state index < -0.39 is 18.2 Å². The summed E-state index contributed by atoms with van der Waals surface area (Å²) in [4.78, 5) is 74.6. The zero-order valence-corrected chi connectivity index (χ0v) is 39.8. The van der Waals surface area contributed by atoms with Crippen molar-refractivity contribution in [3.05, 3.63) is 121 Å². The Morgan fingerprint density at radius 1 is 0.735 bits per heavy atom. The Bertz CT molecular complexity index is 3060. The van der Waals surface area contributed by atoms with Crippen molar-refractivity contribution in [3.8, 4) is 11.1 Å². The highest BCUT2D eigenvalue weighted by atomic mass is 16.5. The summed E-state index contributed by atoms with van der Waals surface area (Å²) >= 11 is 0. The molecule has 0 aliphatic heterocycles. The number of rotatable bonds is 17. The Morgan fingerprint density at radius 3 is 1.82 bits per heavy atom. The molecule has 4 amide bonds. The number of H-pyrrole nitrogens is 2. The van der Waals surface area contributed by atoms with Gasteiger partial charge in [0.25, 0.3) is 0 Å². The summed E-state index contributed by atoms with van der Waals surface area (Å²) in [6, 6.07) is 28.8. The summed E-state index contributed by atoms with van der Waals surface area (Å²) in [6.45, 7) is 14.9. The van der Waals surface area contributed by atoms with Crippen LogP contribution in [0.4, 0.5) is 4.79 Å². The topological polar surface area (TPSA) is 175 Å². The number of methoxy groups -OCH3 is 2. The van der Waals surface area contributed by atoms with Crippen molar-refractivity contribution in [2.45, 2.75) is 78.7 Å². The molecular weight excluding hydrogens is 857 g/mol. The van der Waals surface area contributed by atoms with E-state index in [0.29, 0.717) is 41.4 Å². The van der Waals surface area contributed by atoms with Crippen LogP contribution in [-0.4, -0.2) is 86.4 Å². The van der Waals surface area contributed by atoms with E-state index in [1.807, 2.05) is 68.1 Å². The van der Waals surface area contributed by atoms with Gasteiger partial charge in [-0.1, -0.05) is 108 Å². The third kappa shape index (κ3) is 9.23. The molecule has 0 saturated heterocycles. The number of alkyl carbamates (subject to hydrolysis) is 1. The summed E-state index contributed by atoms with van der Waals surface area (Å²) in [5.74, 6) is 1.63. The van der Waals surface area contributed by atoms with Gasteiger partial charge >= 0.3 is 6.09 Å². The molecule has 14 nitrogen and oxygen atoms in total. The maximum atomic E-state index is 14.6. The lowest BCUT2D eigenvalue weighted by Gasteiger charge is -2.30. The first-order valence-electron chi connectivity index (χ1n) is 23.6. The molecule has 2 saturated carbocycles. The molecule has 9 rings (SSSR count). The number of imidazole rings is 2. The van der Waals surface area contributed by atoms with Crippen LogP contribution in [0.5, 0.6) is 0 Å². The fourth-order valence-electron chi connectivity index (χ4n) is 9.56. The van der Waals surface area contributed by atoms with E-state index in [2.05, 4.69) is 89.6 Å². The highest BCUT2D eigenvalue weighted by Crippen LogP contribution is 2.44. The molecule has 2 aliphatic rings. The maximum Gasteiger partial charge on any atom is 0.407 e. The van der Waals surface area contributed by atoms with Crippen LogP contribution in [0.2, 0.25) is 0 Å². The Morgan fingerprint density at radius 2 is 1.31 bits per heavy atom. The minimum absolute atomic E-state index is 0.0392. The molecule has 2 heterocycles.